The molecule has 0 saturated heterocycles. The van der Waals surface area contributed by atoms with E-state index in [1.807, 2.05) is 24.4 Å². The van der Waals surface area contributed by atoms with Gasteiger partial charge in [0.25, 0.3) is 0 Å². The predicted octanol–water partition coefficient (Wildman–Crippen LogP) is 2.39. The monoisotopic (exact) mass is 272 g/mol. The van der Waals surface area contributed by atoms with Crippen LogP contribution in [0.25, 0.3) is 22.0 Å². The van der Waals surface area contributed by atoms with Gasteiger partial charge in [-0.2, -0.15) is 0 Å². The molecule has 0 fully saturated rings. The fraction of sp³-hybridized carbons (Fsp3) is 0. The summed E-state index contributed by atoms with van der Waals surface area (Å²) in [6.07, 6.45) is 1.90. The molecule has 5 heteroatoms. The van der Waals surface area contributed by atoms with Crippen molar-refractivity contribution in [3.8, 4) is 11.1 Å². The number of thiol groups is 1. The fourth-order valence-corrected chi connectivity index (χ4v) is 2.53. The minimum absolute atomic E-state index is 0.318. The van der Waals surface area contributed by atoms with Crippen LogP contribution in [0.2, 0.25) is 0 Å². The molecule has 4 nitrogen and oxygen atoms in total. The van der Waals surface area contributed by atoms with Crippen LogP contribution in [-0.4, -0.2) is 13.4 Å². The number of anilines is 1. The second-order valence-corrected chi connectivity index (χ2v) is 5.34. The summed E-state index contributed by atoms with van der Waals surface area (Å²) in [7, 11) is -2.53. The maximum Gasteiger partial charge on any atom is 0.168 e. The Kier molecular flexibility index (Phi) is 2.76. The van der Waals surface area contributed by atoms with Crippen molar-refractivity contribution in [2.75, 3.05) is 5.73 Å². The van der Waals surface area contributed by atoms with Crippen LogP contribution in [0.15, 0.2) is 53.6 Å². The van der Waals surface area contributed by atoms with E-state index in [-0.39, 0.29) is 0 Å². The Morgan fingerprint density at radius 2 is 1.74 bits per heavy atom. The lowest BCUT2D eigenvalue weighted by atomic mass is 10.0. The van der Waals surface area contributed by atoms with Gasteiger partial charge in [-0.05, 0) is 35.9 Å². The van der Waals surface area contributed by atoms with Gasteiger partial charge >= 0.3 is 0 Å². The van der Waals surface area contributed by atoms with E-state index in [4.69, 9.17) is 5.73 Å². The van der Waals surface area contributed by atoms with Crippen molar-refractivity contribution in [2.24, 2.45) is 0 Å². The Morgan fingerprint density at radius 1 is 1.00 bits per heavy atom. The highest BCUT2D eigenvalue weighted by Gasteiger charge is 2.06. The SMILES string of the molecule is Nc1ccc2[nH]cc(-c3ccc([SH](=O)=O)cc3)c2c1. The molecule has 1 heterocycles. The summed E-state index contributed by atoms with van der Waals surface area (Å²) in [5.74, 6) is 0. The molecule has 19 heavy (non-hydrogen) atoms. The highest BCUT2D eigenvalue weighted by atomic mass is 32.2. The number of hydrogen-bond acceptors (Lipinski definition) is 3. The molecular formula is C14H12N2O2S. The van der Waals surface area contributed by atoms with Crippen LogP contribution >= 0.6 is 0 Å². The Hall–Kier alpha value is -2.27. The summed E-state index contributed by atoms with van der Waals surface area (Å²) in [6.45, 7) is 0. The standard InChI is InChI=1S/C14H12N2O2S/c15-10-3-6-14-12(7-10)13(8-16-14)9-1-4-11(5-2-9)19(17)18/h1-8,16,19H,15H2. The van der Waals surface area contributed by atoms with Crippen molar-refractivity contribution in [1.82, 2.24) is 4.98 Å². The van der Waals surface area contributed by atoms with Crippen molar-refractivity contribution in [3.05, 3.63) is 48.7 Å². The molecule has 3 rings (SSSR count). The molecule has 0 aliphatic heterocycles. The van der Waals surface area contributed by atoms with Gasteiger partial charge in [-0.15, -0.1) is 0 Å². The van der Waals surface area contributed by atoms with Gasteiger partial charge in [-0.3, -0.25) is 0 Å². The summed E-state index contributed by atoms with van der Waals surface area (Å²) >= 11 is 0. The molecule has 0 atom stereocenters. The van der Waals surface area contributed by atoms with Gasteiger partial charge in [-0.1, -0.05) is 12.1 Å². The topological polar surface area (TPSA) is 76.0 Å². The number of hydrogen-bond donors (Lipinski definition) is 3. The maximum absolute atomic E-state index is 10.9. The first-order valence-electron chi connectivity index (χ1n) is 5.76. The highest BCUT2D eigenvalue weighted by Crippen LogP contribution is 2.30. The van der Waals surface area contributed by atoms with E-state index in [0.717, 1.165) is 22.0 Å². The predicted molar refractivity (Wildman–Crippen MR) is 76.7 cm³/mol. The van der Waals surface area contributed by atoms with Gasteiger partial charge in [0.2, 0.25) is 0 Å². The number of aromatic nitrogens is 1. The maximum atomic E-state index is 10.9. The van der Waals surface area contributed by atoms with Crippen LogP contribution in [0.1, 0.15) is 0 Å². The van der Waals surface area contributed by atoms with E-state index >= 15 is 0 Å². The quantitative estimate of drug-likeness (QED) is 0.495. The average molecular weight is 272 g/mol. The van der Waals surface area contributed by atoms with Gasteiger partial charge in [0.1, 0.15) is 0 Å². The lowest BCUT2D eigenvalue weighted by Crippen LogP contribution is -1.84. The van der Waals surface area contributed by atoms with E-state index < -0.39 is 10.7 Å². The molecular weight excluding hydrogens is 260 g/mol. The number of nitrogen functional groups attached to an aromatic ring is 1. The summed E-state index contributed by atoms with van der Waals surface area (Å²) in [5.41, 5.74) is 9.47. The van der Waals surface area contributed by atoms with Crippen LogP contribution in [-0.2, 0) is 10.7 Å². The van der Waals surface area contributed by atoms with Crippen molar-refractivity contribution >= 4 is 27.3 Å². The number of H-pyrrole nitrogens is 1. The summed E-state index contributed by atoms with van der Waals surface area (Å²) in [6, 6.07) is 12.5. The third-order valence-electron chi connectivity index (χ3n) is 3.09. The first-order valence-corrected chi connectivity index (χ1v) is 6.94. The number of nitrogens with one attached hydrogen (secondary N) is 1. The minimum Gasteiger partial charge on any atom is -0.399 e. The average Bonchev–Trinajstić information content (AvgIpc) is 2.81. The van der Waals surface area contributed by atoms with Crippen molar-refractivity contribution in [1.29, 1.82) is 0 Å². The molecule has 0 bridgehead atoms. The Labute approximate surface area is 111 Å². The molecule has 3 N–H and O–H groups in total. The molecule has 96 valence electrons. The Bertz CT molecular complexity index is 809. The molecule has 3 aromatic rings. The first kappa shape index (κ1) is 11.8. The molecule has 0 aliphatic rings. The van der Waals surface area contributed by atoms with Crippen LogP contribution in [0.3, 0.4) is 0 Å². The lowest BCUT2D eigenvalue weighted by Gasteiger charge is -2.01. The van der Waals surface area contributed by atoms with E-state index in [1.165, 1.54) is 0 Å². The highest BCUT2D eigenvalue weighted by molar-refractivity contribution is 7.72. The van der Waals surface area contributed by atoms with E-state index in [9.17, 15) is 8.42 Å². The van der Waals surface area contributed by atoms with Gasteiger partial charge in [-0.25, -0.2) is 8.42 Å². The third kappa shape index (κ3) is 2.08. The van der Waals surface area contributed by atoms with E-state index in [1.54, 1.807) is 24.3 Å². The van der Waals surface area contributed by atoms with Crippen molar-refractivity contribution < 1.29 is 8.42 Å². The minimum atomic E-state index is -2.53. The number of fused-ring (bicyclic) bond motifs is 1. The van der Waals surface area contributed by atoms with Gasteiger partial charge < -0.3 is 10.7 Å². The zero-order valence-corrected chi connectivity index (χ0v) is 10.9. The zero-order valence-electron chi connectivity index (χ0n) is 9.96. The van der Waals surface area contributed by atoms with E-state index in [2.05, 4.69) is 4.98 Å². The number of benzene rings is 2. The summed E-state index contributed by atoms with van der Waals surface area (Å²) < 4.78 is 21.7. The first-order chi connectivity index (χ1) is 9.15. The molecule has 0 saturated carbocycles. The second-order valence-electron chi connectivity index (χ2n) is 4.31. The molecule has 2 aromatic carbocycles. The molecule has 0 aliphatic carbocycles. The summed E-state index contributed by atoms with van der Waals surface area (Å²) in [4.78, 5) is 3.49. The number of aromatic amines is 1. The van der Waals surface area contributed by atoms with Gasteiger partial charge in [0.15, 0.2) is 10.7 Å². The normalized spacial score (nSPS) is 11.2. The Balaban J connectivity index is 2.16. The van der Waals surface area contributed by atoms with Crippen LogP contribution in [0.5, 0.6) is 0 Å². The molecule has 0 radical (unpaired) electrons. The Morgan fingerprint density at radius 3 is 2.42 bits per heavy atom. The third-order valence-corrected chi connectivity index (χ3v) is 3.81. The lowest BCUT2D eigenvalue weighted by molar-refractivity contribution is 0.614. The molecule has 1 aromatic heterocycles. The van der Waals surface area contributed by atoms with Crippen LogP contribution < -0.4 is 5.73 Å². The largest absolute Gasteiger partial charge is 0.399 e. The number of rotatable bonds is 2. The van der Waals surface area contributed by atoms with Crippen LogP contribution in [0.4, 0.5) is 5.69 Å². The van der Waals surface area contributed by atoms with Crippen LogP contribution in [0, 0.1) is 0 Å². The number of nitrogens with two attached hydrogens (primary N) is 1. The zero-order chi connectivity index (χ0) is 13.4. The molecule has 0 unspecified atom stereocenters. The van der Waals surface area contributed by atoms with Crippen molar-refractivity contribution in [2.45, 2.75) is 4.90 Å². The van der Waals surface area contributed by atoms with Gasteiger partial charge in [0, 0.05) is 28.4 Å². The smallest absolute Gasteiger partial charge is 0.168 e. The van der Waals surface area contributed by atoms with Gasteiger partial charge in [0.05, 0.1) is 4.90 Å². The summed E-state index contributed by atoms with van der Waals surface area (Å²) in [5, 5.41) is 1.03. The fourth-order valence-electron chi connectivity index (χ4n) is 2.14. The molecule has 0 spiro atoms. The van der Waals surface area contributed by atoms with Crippen molar-refractivity contribution in [3.63, 3.8) is 0 Å². The molecule has 0 amide bonds. The van der Waals surface area contributed by atoms with E-state index in [0.29, 0.717) is 10.6 Å². The second kappa shape index (κ2) is 4.44.